The summed E-state index contributed by atoms with van der Waals surface area (Å²) in [7, 11) is 1.66. The minimum atomic E-state index is 0.383. The van der Waals surface area contributed by atoms with Gasteiger partial charge in [0.05, 0.1) is 12.7 Å². The molecule has 0 bridgehead atoms. The molecule has 0 fully saturated rings. The van der Waals surface area contributed by atoms with Crippen molar-refractivity contribution in [2.24, 2.45) is 0 Å². The van der Waals surface area contributed by atoms with E-state index in [4.69, 9.17) is 9.26 Å². The van der Waals surface area contributed by atoms with Crippen molar-refractivity contribution >= 4 is 0 Å². The number of rotatable bonds is 3. The molecule has 1 aromatic heterocycles. The molecule has 2 rings (SSSR count). The van der Waals surface area contributed by atoms with E-state index in [9.17, 15) is 0 Å². The molecule has 90 valence electrons. The zero-order valence-corrected chi connectivity index (χ0v) is 10.5. The van der Waals surface area contributed by atoms with Crippen LogP contribution < -0.4 is 4.74 Å². The number of hydrogen-bond acceptors (Lipinski definition) is 4. The van der Waals surface area contributed by atoms with Crippen molar-refractivity contribution in [3.8, 4) is 17.2 Å². The fourth-order valence-electron chi connectivity index (χ4n) is 1.81. The number of aromatic nitrogens is 2. The van der Waals surface area contributed by atoms with Gasteiger partial charge in [0.15, 0.2) is 5.82 Å². The van der Waals surface area contributed by atoms with Crippen molar-refractivity contribution in [1.82, 2.24) is 10.1 Å². The summed E-state index contributed by atoms with van der Waals surface area (Å²) in [5.74, 6) is 2.32. The van der Waals surface area contributed by atoms with Crippen LogP contribution in [0.25, 0.3) is 11.5 Å². The van der Waals surface area contributed by atoms with Gasteiger partial charge in [0.2, 0.25) is 0 Å². The van der Waals surface area contributed by atoms with Crippen LogP contribution in [-0.4, -0.2) is 17.3 Å². The molecule has 0 amide bonds. The van der Waals surface area contributed by atoms with Crippen LogP contribution in [0.2, 0.25) is 0 Å². The minimum absolute atomic E-state index is 0.383. The lowest BCUT2D eigenvalue weighted by atomic mass is 9.99. The fourth-order valence-corrected chi connectivity index (χ4v) is 1.81. The van der Waals surface area contributed by atoms with Crippen LogP contribution in [-0.2, 0) is 0 Å². The second-order valence-electron chi connectivity index (χ2n) is 4.23. The second kappa shape index (κ2) is 4.57. The number of aryl methyl sites for hydroxylation is 1. The zero-order chi connectivity index (χ0) is 12.4. The van der Waals surface area contributed by atoms with E-state index in [-0.39, 0.29) is 0 Å². The van der Waals surface area contributed by atoms with E-state index < -0.39 is 0 Å². The Morgan fingerprint density at radius 3 is 2.59 bits per heavy atom. The highest BCUT2D eigenvalue weighted by atomic mass is 16.5. The first kappa shape index (κ1) is 11.6. The first-order valence-corrected chi connectivity index (χ1v) is 5.61. The molecule has 0 N–H and O–H groups in total. The average Bonchev–Trinajstić information content (AvgIpc) is 2.74. The molecule has 0 spiro atoms. The maximum Gasteiger partial charge on any atom is 0.261 e. The van der Waals surface area contributed by atoms with Gasteiger partial charge in [-0.1, -0.05) is 31.1 Å². The normalized spacial score (nSPS) is 10.9. The van der Waals surface area contributed by atoms with Gasteiger partial charge >= 0.3 is 0 Å². The van der Waals surface area contributed by atoms with Gasteiger partial charge in [-0.25, -0.2) is 0 Å². The van der Waals surface area contributed by atoms with E-state index in [1.165, 1.54) is 0 Å². The molecule has 4 nitrogen and oxygen atoms in total. The van der Waals surface area contributed by atoms with E-state index in [0.29, 0.717) is 17.6 Å². The number of benzene rings is 1. The summed E-state index contributed by atoms with van der Waals surface area (Å²) in [4.78, 5) is 4.23. The Bertz CT molecular complexity index is 518. The highest BCUT2D eigenvalue weighted by molar-refractivity contribution is 5.65. The summed E-state index contributed by atoms with van der Waals surface area (Å²) in [6.07, 6.45) is 0. The van der Waals surface area contributed by atoms with Crippen molar-refractivity contribution in [1.29, 1.82) is 0 Å². The molecule has 0 saturated carbocycles. The Morgan fingerprint density at radius 1 is 1.29 bits per heavy atom. The van der Waals surface area contributed by atoms with Crippen LogP contribution >= 0.6 is 0 Å². The Balaban J connectivity index is 2.58. The van der Waals surface area contributed by atoms with Gasteiger partial charge in [-0.15, -0.1) is 0 Å². The quantitative estimate of drug-likeness (QED) is 0.815. The Kier molecular flexibility index (Phi) is 3.13. The summed E-state index contributed by atoms with van der Waals surface area (Å²) in [5.41, 5.74) is 1.99. The van der Waals surface area contributed by atoms with E-state index in [1.54, 1.807) is 14.0 Å². The van der Waals surface area contributed by atoms with E-state index >= 15 is 0 Å². The summed E-state index contributed by atoms with van der Waals surface area (Å²) in [6.45, 7) is 6.05. The zero-order valence-electron chi connectivity index (χ0n) is 10.5. The largest absolute Gasteiger partial charge is 0.496 e. The molecule has 0 saturated heterocycles. The SMILES string of the molecule is COc1c(-c2nc(C)no2)cccc1C(C)C. The summed E-state index contributed by atoms with van der Waals surface area (Å²) in [5, 5.41) is 3.80. The summed E-state index contributed by atoms with van der Waals surface area (Å²) in [6, 6.07) is 5.96. The molecular formula is C13H16N2O2. The Labute approximate surface area is 101 Å². The standard InChI is InChI=1S/C13H16N2O2/c1-8(2)10-6-5-7-11(12(10)16-4)13-14-9(3)15-17-13/h5-8H,1-4H3. The fraction of sp³-hybridized carbons (Fsp3) is 0.385. The predicted molar refractivity (Wildman–Crippen MR) is 65.1 cm³/mol. The van der Waals surface area contributed by atoms with Crippen molar-refractivity contribution < 1.29 is 9.26 Å². The molecule has 0 radical (unpaired) electrons. The molecule has 0 atom stereocenters. The molecule has 1 aromatic carbocycles. The van der Waals surface area contributed by atoms with Gasteiger partial charge in [-0.05, 0) is 24.5 Å². The monoisotopic (exact) mass is 232 g/mol. The molecule has 0 unspecified atom stereocenters. The smallest absolute Gasteiger partial charge is 0.261 e. The van der Waals surface area contributed by atoms with Crippen LogP contribution in [0.3, 0.4) is 0 Å². The van der Waals surface area contributed by atoms with Crippen LogP contribution in [0.15, 0.2) is 22.7 Å². The van der Waals surface area contributed by atoms with Crippen molar-refractivity contribution in [3.05, 3.63) is 29.6 Å². The number of nitrogens with zero attached hydrogens (tertiary/aromatic N) is 2. The minimum Gasteiger partial charge on any atom is -0.496 e. The first-order chi connectivity index (χ1) is 8.13. The third kappa shape index (κ3) is 2.16. The molecule has 2 aromatic rings. The Hall–Kier alpha value is -1.84. The van der Waals surface area contributed by atoms with E-state index in [2.05, 4.69) is 30.1 Å². The summed E-state index contributed by atoms with van der Waals surface area (Å²) < 4.78 is 10.7. The van der Waals surface area contributed by atoms with Gasteiger partial charge in [0, 0.05) is 0 Å². The average molecular weight is 232 g/mol. The van der Waals surface area contributed by atoms with Crippen LogP contribution in [0.5, 0.6) is 5.75 Å². The molecular weight excluding hydrogens is 216 g/mol. The maximum atomic E-state index is 5.47. The van der Waals surface area contributed by atoms with Gasteiger partial charge in [-0.2, -0.15) is 4.98 Å². The van der Waals surface area contributed by atoms with Gasteiger partial charge in [0.25, 0.3) is 5.89 Å². The molecule has 0 aliphatic rings. The van der Waals surface area contributed by atoms with Crippen LogP contribution in [0.1, 0.15) is 31.2 Å². The lowest BCUT2D eigenvalue weighted by Crippen LogP contribution is -1.96. The number of para-hydroxylation sites is 1. The van der Waals surface area contributed by atoms with Crippen molar-refractivity contribution in [2.75, 3.05) is 7.11 Å². The second-order valence-corrected chi connectivity index (χ2v) is 4.23. The number of methoxy groups -OCH3 is 1. The highest BCUT2D eigenvalue weighted by Crippen LogP contribution is 2.35. The van der Waals surface area contributed by atoms with Gasteiger partial charge in [0.1, 0.15) is 5.75 Å². The van der Waals surface area contributed by atoms with E-state index in [0.717, 1.165) is 16.9 Å². The number of ether oxygens (including phenoxy) is 1. The number of hydrogen-bond donors (Lipinski definition) is 0. The molecule has 0 aliphatic carbocycles. The Morgan fingerprint density at radius 2 is 2.06 bits per heavy atom. The molecule has 17 heavy (non-hydrogen) atoms. The summed E-state index contributed by atoms with van der Waals surface area (Å²) >= 11 is 0. The highest BCUT2D eigenvalue weighted by Gasteiger charge is 2.17. The van der Waals surface area contributed by atoms with Crippen LogP contribution in [0.4, 0.5) is 0 Å². The van der Waals surface area contributed by atoms with Gasteiger partial charge < -0.3 is 9.26 Å². The topological polar surface area (TPSA) is 48.2 Å². The van der Waals surface area contributed by atoms with Gasteiger partial charge in [-0.3, -0.25) is 0 Å². The van der Waals surface area contributed by atoms with Crippen molar-refractivity contribution in [2.45, 2.75) is 26.7 Å². The van der Waals surface area contributed by atoms with Crippen molar-refractivity contribution in [3.63, 3.8) is 0 Å². The molecule has 0 aliphatic heterocycles. The maximum absolute atomic E-state index is 5.47. The molecule has 1 heterocycles. The lowest BCUT2D eigenvalue weighted by Gasteiger charge is -2.13. The first-order valence-electron chi connectivity index (χ1n) is 5.61. The predicted octanol–water partition coefficient (Wildman–Crippen LogP) is 3.18. The third-order valence-electron chi connectivity index (χ3n) is 2.63. The van der Waals surface area contributed by atoms with E-state index in [1.807, 2.05) is 12.1 Å². The molecule has 4 heteroatoms. The lowest BCUT2D eigenvalue weighted by molar-refractivity contribution is 0.398. The third-order valence-corrected chi connectivity index (χ3v) is 2.63. The van der Waals surface area contributed by atoms with Crippen LogP contribution in [0, 0.1) is 6.92 Å².